The van der Waals surface area contributed by atoms with E-state index in [1.54, 1.807) is 13.3 Å². The third kappa shape index (κ3) is 3.01. The maximum absolute atomic E-state index is 5.25. The van der Waals surface area contributed by atoms with E-state index >= 15 is 0 Å². The molecule has 0 aliphatic heterocycles. The molecule has 1 aromatic carbocycles. The Balaban J connectivity index is 2.12. The summed E-state index contributed by atoms with van der Waals surface area (Å²) in [6.07, 6.45) is 3.56. The zero-order chi connectivity index (χ0) is 12.3. The molecule has 0 unspecified atom stereocenters. The molecule has 0 atom stereocenters. The van der Waals surface area contributed by atoms with Gasteiger partial charge in [-0.05, 0) is 49.6 Å². The van der Waals surface area contributed by atoms with Crippen molar-refractivity contribution < 1.29 is 4.74 Å². The van der Waals surface area contributed by atoms with Crippen LogP contribution in [0.4, 0.5) is 5.69 Å². The first kappa shape index (κ1) is 12.4. The zero-order valence-corrected chi connectivity index (χ0v) is 12.3. The van der Waals surface area contributed by atoms with Gasteiger partial charge >= 0.3 is 0 Å². The number of rotatable bonds is 4. The van der Waals surface area contributed by atoms with Crippen LogP contribution in [0.15, 0.2) is 33.5 Å². The highest BCUT2D eigenvalue weighted by atomic mass is 79.9. The van der Waals surface area contributed by atoms with Crippen molar-refractivity contribution in [3.05, 3.63) is 39.0 Å². The number of aromatic nitrogens is 2. The van der Waals surface area contributed by atoms with Gasteiger partial charge in [0.05, 0.1) is 27.9 Å². The molecule has 0 aliphatic rings. The molecule has 2 aromatic rings. The van der Waals surface area contributed by atoms with E-state index in [4.69, 9.17) is 4.74 Å². The Kier molecular flexibility index (Phi) is 4.06. The second kappa shape index (κ2) is 5.55. The average Bonchev–Trinajstić information content (AvgIpc) is 2.79. The van der Waals surface area contributed by atoms with Gasteiger partial charge in [0.25, 0.3) is 0 Å². The van der Waals surface area contributed by atoms with Gasteiger partial charge in [0, 0.05) is 12.7 Å². The monoisotopic (exact) mass is 359 g/mol. The smallest absolute Gasteiger partial charge is 0.147 e. The quantitative estimate of drug-likeness (QED) is 0.876. The van der Waals surface area contributed by atoms with Crippen LogP contribution in [0, 0.1) is 0 Å². The van der Waals surface area contributed by atoms with E-state index in [0.29, 0.717) is 0 Å². The predicted octanol–water partition coefficient (Wildman–Crippen LogP) is 3.56. The van der Waals surface area contributed by atoms with Crippen LogP contribution in [-0.2, 0) is 6.54 Å². The molecule has 0 spiro atoms. The Morgan fingerprint density at radius 3 is 2.59 bits per heavy atom. The number of H-pyrrole nitrogens is 1. The van der Waals surface area contributed by atoms with Crippen LogP contribution >= 0.6 is 31.9 Å². The third-order valence-corrected chi connectivity index (χ3v) is 3.44. The average molecular weight is 361 g/mol. The summed E-state index contributed by atoms with van der Waals surface area (Å²) in [6.45, 7) is 0.723. The molecule has 90 valence electrons. The highest BCUT2D eigenvalue weighted by molar-refractivity contribution is 9.11. The van der Waals surface area contributed by atoms with Gasteiger partial charge in [-0.2, -0.15) is 5.10 Å². The van der Waals surface area contributed by atoms with E-state index in [1.165, 1.54) is 0 Å². The normalized spacial score (nSPS) is 10.3. The van der Waals surface area contributed by atoms with Crippen LogP contribution in [0.2, 0.25) is 0 Å². The van der Waals surface area contributed by atoms with Gasteiger partial charge in [-0.15, -0.1) is 0 Å². The Bertz CT molecular complexity index is 476. The van der Waals surface area contributed by atoms with Gasteiger partial charge in [-0.1, -0.05) is 0 Å². The molecule has 4 nitrogen and oxygen atoms in total. The molecule has 2 N–H and O–H groups in total. The molecule has 2 rings (SSSR count). The van der Waals surface area contributed by atoms with Gasteiger partial charge in [-0.3, -0.25) is 5.10 Å². The fraction of sp³-hybridized carbons (Fsp3) is 0.182. The number of anilines is 1. The molecule has 6 heteroatoms. The lowest BCUT2D eigenvalue weighted by Crippen LogP contribution is -1.99. The summed E-state index contributed by atoms with van der Waals surface area (Å²) < 4.78 is 7.11. The summed E-state index contributed by atoms with van der Waals surface area (Å²) >= 11 is 6.95. The lowest BCUT2D eigenvalue weighted by molar-refractivity contribution is 0.409. The van der Waals surface area contributed by atoms with Crippen molar-refractivity contribution >= 4 is 37.5 Å². The molecule has 1 aromatic heterocycles. The van der Waals surface area contributed by atoms with Crippen molar-refractivity contribution in [3.8, 4) is 5.75 Å². The molecule has 17 heavy (non-hydrogen) atoms. The summed E-state index contributed by atoms with van der Waals surface area (Å²) in [5.74, 6) is 0.803. The van der Waals surface area contributed by atoms with E-state index in [9.17, 15) is 0 Å². The van der Waals surface area contributed by atoms with Crippen LogP contribution in [0.25, 0.3) is 0 Å². The van der Waals surface area contributed by atoms with Gasteiger partial charge in [0.2, 0.25) is 0 Å². The van der Waals surface area contributed by atoms with Gasteiger partial charge in [0.1, 0.15) is 5.75 Å². The van der Waals surface area contributed by atoms with Gasteiger partial charge in [-0.25, -0.2) is 0 Å². The number of aromatic amines is 1. The summed E-state index contributed by atoms with van der Waals surface area (Å²) in [4.78, 5) is 0. The minimum atomic E-state index is 0.723. The fourth-order valence-corrected chi connectivity index (χ4v) is 3.07. The minimum absolute atomic E-state index is 0.723. The highest BCUT2D eigenvalue weighted by Crippen LogP contribution is 2.34. The van der Waals surface area contributed by atoms with Crippen molar-refractivity contribution in [1.29, 1.82) is 0 Å². The second-order valence-corrected chi connectivity index (χ2v) is 5.14. The fourth-order valence-electron chi connectivity index (χ4n) is 1.46. The van der Waals surface area contributed by atoms with Crippen molar-refractivity contribution in [2.45, 2.75) is 6.54 Å². The van der Waals surface area contributed by atoms with E-state index in [1.807, 2.05) is 18.3 Å². The number of methoxy groups -OCH3 is 1. The first-order valence-corrected chi connectivity index (χ1v) is 6.54. The van der Waals surface area contributed by atoms with Crippen LogP contribution in [0.3, 0.4) is 0 Å². The number of hydrogen-bond donors (Lipinski definition) is 2. The maximum atomic E-state index is 5.25. The Morgan fingerprint density at radius 1 is 1.35 bits per heavy atom. The van der Waals surface area contributed by atoms with E-state index < -0.39 is 0 Å². The van der Waals surface area contributed by atoms with Crippen LogP contribution in [0.1, 0.15) is 5.56 Å². The lowest BCUT2D eigenvalue weighted by Gasteiger charge is -2.09. The third-order valence-electron chi connectivity index (χ3n) is 2.26. The summed E-state index contributed by atoms with van der Waals surface area (Å²) in [5.41, 5.74) is 2.11. The van der Waals surface area contributed by atoms with Crippen molar-refractivity contribution in [3.63, 3.8) is 0 Å². The van der Waals surface area contributed by atoms with Crippen LogP contribution in [0.5, 0.6) is 5.75 Å². The standard InChI is InChI=1S/C11H11Br2N3O/c1-17-11-9(12)2-7(3-10(11)13)4-14-8-5-15-16-6-8/h2-3,5-6,14H,4H2,1H3,(H,15,16). The van der Waals surface area contributed by atoms with E-state index in [0.717, 1.165) is 32.5 Å². The number of hydrogen-bond acceptors (Lipinski definition) is 3. The minimum Gasteiger partial charge on any atom is -0.494 e. The summed E-state index contributed by atoms with van der Waals surface area (Å²) in [7, 11) is 1.65. The number of benzene rings is 1. The van der Waals surface area contributed by atoms with Crippen molar-refractivity contribution in [1.82, 2.24) is 10.2 Å². The number of nitrogens with one attached hydrogen (secondary N) is 2. The first-order valence-electron chi connectivity index (χ1n) is 4.95. The topological polar surface area (TPSA) is 49.9 Å². The first-order chi connectivity index (χ1) is 8.20. The van der Waals surface area contributed by atoms with E-state index in [-0.39, 0.29) is 0 Å². The highest BCUT2D eigenvalue weighted by Gasteiger charge is 2.07. The molecule has 1 heterocycles. The molecule has 0 fully saturated rings. The second-order valence-electron chi connectivity index (χ2n) is 3.43. The molecule has 0 bridgehead atoms. The molecule has 0 saturated heterocycles. The number of nitrogens with zero attached hydrogens (tertiary/aromatic N) is 1. The SMILES string of the molecule is COc1c(Br)cc(CNc2cn[nH]c2)cc1Br. The van der Waals surface area contributed by atoms with E-state index in [2.05, 4.69) is 47.4 Å². The number of halogens is 2. The van der Waals surface area contributed by atoms with Crippen molar-refractivity contribution in [2.75, 3.05) is 12.4 Å². The Morgan fingerprint density at radius 2 is 2.06 bits per heavy atom. The molecule has 0 radical (unpaired) electrons. The van der Waals surface area contributed by atoms with Gasteiger partial charge < -0.3 is 10.1 Å². The van der Waals surface area contributed by atoms with Gasteiger partial charge in [0.15, 0.2) is 0 Å². The largest absolute Gasteiger partial charge is 0.494 e. The zero-order valence-electron chi connectivity index (χ0n) is 9.13. The molecular formula is C11H11Br2N3O. The molecule has 0 aliphatic carbocycles. The Labute approximate surface area is 116 Å². The lowest BCUT2D eigenvalue weighted by atomic mass is 10.2. The Hall–Kier alpha value is -1.01. The summed E-state index contributed by atoms with van der Waals surface area (Å²) in [6, 6.07) is 4.05. The maximum Gasteiger partial charge on any atom is 0.147 e. The molecule has 0 saturated carbocycles. The predicted molar refractivity (Wildman–Crippen MR) is 74.3 cm³/mol. The van der Waals surface area contributed by atoms with Crippen LogP contribution in [-0.4, -0.2) is 17.3 Å². The number of ether oxygens (including phenoxy) is 1. The van der Waals surface area contributed by atoms with Crippen molar-refractivity contribution in [2.24, 2.45) is 0 Å². The molecular weight excluding hydrogens is 350 g/mol. The summed E-state index contributed by atoms with van der Waals surface area (Å²) in [5, 5.41) is 9.88. The molecule has 0 amide bonds. The van der Waals surface area contributed by atoms with Crippen LogP contribution < -0.4 is 10.1 Å².